The highest BCUT2D eigenvalue weighted by Gasteiger charge is 2.21. The summed E-state index contributed by atoms with van der Waals surface area (Å²) in [5.41, 5.74) is 6.31. The fraction of sp³-hybridized carbons (Fsp3) is 0.304. The molecule has 0 N–H and O–H groups in total. The lowest BCUT2D eigenvalue weighted by atomic mass is 9.93. The Labute approximate surface area is 178 Å². The molecular weight excluding hydrogens is 430 g/mol. The van der Waals surface area contributed by atoms with E-state index in [4.69, 9.17) is 4.98 Å². The summed E-state index contributed by atoms with van der Waals surface area (Å²) >= 11 is 5.19. The number of aromatic nitrogens is 2. The quantitative estimate of drug-likeness (QED) is 0.426. The highest BCUT2D eigenvalue weighted by Crippen LogP contribution is 2.34. The first-order chi connectivity index (χ1) is 13.5. The van der Waals surface area contributed by atoms with Crippen molar-refractivity contribution < 1.29 is 0 Å². The summed E-state index contributed by atoms with van der Waals surface area (Å²) in [4.78, 5) is 6.15. The van der Waals surface area contributed by atoms with E-state index in [0.29, 0.717) is 11.5 Å². The highest BCUT2D eigenvalue weighted by molar-refractivity contribution is 9.10. The molecule has 1 aromatic carbocycles. The Morgan fingerprint density at radius 3 is 2.79 bits per heavy atom. The molecule has 0 amide bonds. The molecule has 0 spiro atoms. The average Bonchev–Trinajstić information content (AvgIpc) is 3.20. The maximum atomic E-state index is 9.80. The summed E-state index contributed by atoms with van der Waals surface area (Å²) < 4.78 is 3.29. The number of nitrogens with zero attached hydrogens (tertiary/aromatic N) is 3. The van der Waals surface area contributed by atoms with E-state index < -0.39 is 0 Å². The molecular formula is C23H22BrN3S. The van der Waals surface area contributed by atoms with Crippen LogP contribution in [-0.2, 0) is 12.8 Å². The van der Waals surface area contributed by atoms with Crippen molar-refractivity contribution in [1.29, 1.82) is 5.26 Å². The first-order valence-corrected chi connectivity index (χ1v) is 11.1. The second-order valence-electron chi connectivity index (χ2n) is 7.54. The molecule has 3 aromatic rings. The van der Waals surface area contributed by atoms with Crippen molar-refractivity contribution in [2.24, 2.45) is 5.92 Å². The zero-order valence-electron chi connectivity index (χ0n) is 16.3. The molecule has 4 rings (SSSR count). The first kappa shape index (κ1) is 19.2. The predicted molar refractivity (Wildman–Crippen MR) is 120 cm³/mol. The van der Waals surface area contributed by atoms with Crippen molar-refractivity contribution in [2.75, 3.05) is 0 Å². The van der Waals surface area contributed by atoms with Crippen molar-refractivity contribution >= 4 is 38.9 Å². The monoisotopic (exact) mass is 451 g/mol. The van der Waals surface area contributed by atoms with Crippen molar-refractivity contribution in [3.63, 3.8) is 0 Å². The van der Waals surface area contributed by atoms with Gasteiger partial charge in [-0.1, -0.05) is 22.9 Å². The standard InChI is InChI=1S/C23H22BrN3S/c1-14-4-9-21-22(10-14)28-23(26-21)18(13-25)12-17-11-15(2)27(16(17)3)20-7-5-19(24)6-8-20/h5-8,11-12,14H,4,9-10H2,1-3H3/b18-12+. The zero-order chi connectivity index (χ0) is 19.8. The lowest BCUT2D eigenvalue weighted by Gasteiger charge is -2.15. The molecule has 28 heavy (non-hydrogen) atoms. The summed E-state index contributed by atoms with van der Waals surface area (Å²) in [6.07, 6.45) is 5.30. The predicted octanol–water partition coefficient (Wildman–Crippen LogP) is 6.50. The molecule has 2 aromatic heterocycles. The van der Waals surface area contributed by atoms with Gasteiger partial charge in [-0.05, 0) is 81.0 Å². The van der Waals surface area contributed by atoms with Crippen LogP contribution in [0.2, 0.25) is 0 Å². The first-order valence-electron chi connectivity index (χ1n) is 9.52. The number of hydrogen-bond acceptors (Lipinski definition) is 3. The SMILES string of the molecule is Cc1cc(/C=C(\C#N)c2nc3c(s2)CC(C)CC3)c(C)n1-c1ccc(Br)cc1. The van der Waals surface area contributed by atoms with E-state index in [1.807, 2.05) is 18.2 Å². The summed E-state index contributed by atoms with van der Waals surface area (Å²) in [5, 5.41) is 10.7. The minimum absolute atomic E-state index is 0.656. The van der Waals surface area contributed by atoms with Gasteiger partial charge in [0, 0.05) is 26.4 Å². The van der Waals surface area contributed by atoms with Gasteiger partial charge in [-0.25, -0.2) is 4.98 Å². The molecule has 0 saturated carbocycles. The fourth-order valence-electron chi connectivity index (χ4n) is 3.87. The third kappa shape index (κ3) is 3.59. The molecule has 2 heterocycles. The van der Waals surface area contributed by atoms with Crippen LogP contribution in [0, 0.1) is 31.1 Å². The van der Waals surface area contributed by atoms with Crippen LogP contribution < -0.4 is 0 Å². The smallest absolute Gasteiger partial charge is 0.134 e. The Bertz CT molecular complexity index is 1100. The van der Waals surface area contributed by atoms with Crippen LogP contribution in [0.25, 0.3) is 17.3 Å². The second kappa shape index (κ2) is 7.69. The van der Waals surface area contributed by atoms with Gasteiger partial charge in [0.15, 0.2) is 0 Å². The molecule has 0 radical (unpaired) electrons. The minimum atomic E-state index is 0.656. The third-order valence-corrected chi connectivity index (χ3v) is 7.07. The molecule has 1 aliphatic rings. The van der Waals surface area contributed by atoms with E-state index >= 15 is 0 Å². The van der Waals surface area contributed by atoms with E-state index in [-0.39, 0.29) is 0 Å². The van der Waals surface area contributed by atoms with Crippen LogP contribution in [-0.4, -0.2) is 9.55 Å². The van der Waals surface area contributed by atoms with Crippen molar-refractivity contribution in [3.05, 3.63) is 67.3 Å². The number of thiazole rings is 1. The van der Waals surface area contributed by atoms with E-state index in [2.05, 4.69) is 65.5 Å². The number of rotatable bonds is 3. The maximum Gasteiger partial charge on any atom is 0.134 e. The Kier molecular flexibility index (Phi) is 5.27. The summed E-state index contributed by atoms with van der Waals surface area (Å²) in [7, 11) is 0. The fourth-order valence-corrected chi connectivity index (χ4v) is 5.38. The van der Waals surface area contributed by atoms with Crippen LogP contribution in [0.1, 0.15) is 45.9 Å². The minimum Gasteiger partial charge on any atom is -0.318 e. The highest BCUT2D eigenvalue weighted by atomic mass is 79.9. The van der Waals surface area contributed by atoms with Gasteiger partial charge >= 0.3 is 0 Å². The average molecular weight is 452 g/mol. The lowest BCUT2D eigenvalue weighted by Crippen LogP contribution is -2.09. The van der Waals surface area contributed by atoms with Crippen molar-refractivity contribution in [2.45, 2.75) is 40.0 Å². The van der Waals surface area contributed by atoms with Crippen LogP contribution in [0.4, 0.5) is 0 Å². The van der Waals surface area contributed by atoms with Gasteiger partial charge in [-0.3, -0.25) is 0 Å². The number of halogens is 1. The van der Waals surface area contributed by atoms with E-state index in [1.54, 1.807) is 11.3 Å². The van der Waals surface area contributed by atoms with Crippen LogP contribution in [0.15, 0.2) is 34.8 Å². The van der Waals surface area contributed by atoms with Gasteiger partial charge < -0.3 is 4.57 Å². The third-order valence-electron chi connectivity index (χ3n) is 5.39. The van der Waals surface area contributed by atoms with Crippen LogP contribution in [0.3, 0.4) is 0 Å². The van der Waals surface area contributed by atoms with E-state index in [9.17, 15) is 5.26 Å². The van der Waals surface area contributed by atoms with E-state index in [0.717, 1.165) is 45.0 Å². The number of allylic oxidation sites excluding steroid dienone is 1. The molecule has 1 aliphatic carbocycles. The Morgan fingerprint density at radius 1 is 1.32 bits per heavy atom. The summed E-state index contributed by atoms with van der Waals surface area (Å²) in [6, 6.07) is 12.8. The molecule has 5 heteroatoms. The Hall–Kier alpha value is -2.16. The summed E-state index contributed by atoms with van der Waals surface area (Å²) in [6.45, 7) is 6.49. The van der Waals surface area contributed by atoms with Gasteiger partial charge in [-0.2, -0.15) is 5.26 Å². The summed E-state index contributed by atoms with van der Waals surface area (Å²) in [5.74, 6) is 0.708. The molecule has 0 aliphatic heterocycles. The molecule has 0 saturated heterocycles. The number of benzene rings is 1. The number of aryl methyl sites for hydroxylation is 2. The molecule has 0 fully saturated rings. The molecule has 1 atom stereocenters. The van der Waals surface area contributed by atoms with Gasteiger partial charge in [-0.15, -0.1) is 11.3 Å². The van der Waals surface area contributed by atoms with Crippen LogP contribution in [0.5, 0.6) is 0 Å². The van der Waals surface area contributed by atoms with Gasteiger partial charge in [0.25, 0.3) is 0 Å². The van der Waals surface area contributed by atoms with Gasteiger partial charge in [0.1, 0.15) is 11.1 Å². The Balaban J connectivity index is 1.73. The Morgan fingerprint density at radius 2 is 2.07 bits per heavy atom. The normalized spacial score (nSPS) is 16.7. The molecule has 1 unspecified atom stereocenters. The zero-order valence-corrected chi connectivity index (χ0v) is 18.7. The largest absolute Gasteiger partial charge is 0.318 e. The second-order valence-corrected chi connectivity index (χ2v) is 9.54. The maximum absolute atomic E-state index is 9.80. The van der Waals surface area contributed by atoms with Crippen LogP contribution >= 0.6 is 27.3 Å². The molecule has 0 bridgehead atoms. The van der Waals surface area contributed by atoms with Gasteiger partial charge in [0.05, 0.1) is 11.3 Å². The topological polar surface area (TPSA) is 41.6 Å². The molecule has 3 nitrogen and oxygen atoms in total. The van der Waals surface area contributed by atoms with Gasteiger partial charge in [0.2, 0.25) is 0 Å². The van der Waals surface area contributed by atoms with Crippen molar-refractivity contribution in [1.82, 2.24) is 9.55 Å². The van der Waals surface area contributed by atoms with Crippen molar-refractivity contribution in [3.8, 4) is 11.8 Å². The molecule has 142 valence electrons. The van der Waals surface area contributed by atoms with E-state index in [1.165, 1.54) is 17.0 Å². The number of hydrogen-bond donors (Lipinski definition) is 0. The number of fused-ring (bicyclic) bond motifs is 1. The number of nitriles is 1. The lowest BCUT2D eigenvalue weighted by molar-refractivity contribution is 0.502.